The Hall–Kier alpha value is -2.48. The summed E-state index contributed by atoms with van der Waals surface area (Å²) in [4.78, 5) is 39.0. The Bertz CT molecular complexity index is 715. The topological polar surface area (TPSA) is 106 Å². The van der Waals surface area contributed by atoms with Crippen LogP contribution in [0.3, 0.4) is 0 Å². The molecular weight excluding hydrogens is 375 g/mol. The van der Waals surface area contributed by atoms with Gasteiger partial charge in [-0.15, -0.1) is 0 Å². The fourth-order valence-electron chi connectivity index (χ4n) is 3.47. The summed E-state index contributed by atoms with van der Waals surface area (Å²) in [6, 6.07) is 4.46. The van der Waals surface area contributed by atoms with Crippen LogP contribution in [0.25, 0.3) is 0 Å². The number of carbonyl (C=O) groups excluding carboxylic acids is 3. The molecule has 1 aromatic carbocycles. The van der Waals surface area contributed by atoms with Crippen LogP contribution < -0.4 is 16.4 Å². The van der Waals surface area contributed by atoms with Gasteiger partial charge >= 0.3 is 0 Å². The molecular formula is C21H32FN4O3+. The summed E-state index contributed by atoms with van der Waals surface area (Å²) < 4.78 is 12.9. The Labute approximate surface area is 171 Å². The molecule has 160 valence electrons. The number of rotatable bonds is 7. The third-order valence-corrected chi connectivity index (χ3v) is 5.15. The summed E-state index contributed by atoms with van der Waals surface area (Å²) in [5.41, 5.74) is 4.44. The largest absolute Gasteiger partial charge is 0.347 e. The molecule has 29 heavy (non-hydrogen) atoms. The number of quaternary nitrogens is 1. The van der Waals surface area contributed by atoms with E-state index < -0.39 is 6.04 Å². The molecule has 1 aliphatic rings. The van der Waals surface area contributed by atoms with Crippen LogP contribution in [0.2, 0.25) is 0 Å². The zero-order valence-corrected chi connectivity index (χ0v) is 17.4. The van der Waals surface area contributed by atoms with E-state index in [1.165, 1.54) is 24.3 Å². The van der Waals surface area contributed by atoms with Gasteiger partial charge in [-0.05, 0) is 49.9 Å². The minimum absolute atomic E-state index is 0.0459. The first-order chi connectivity index (χ1) is 13.7. The Kier molecular flexibility index (Phi) is 8.13. The molecule has 1 fully saturated rings. The van der Waals surface area contributed by atoms with Crippen molar-refractivity contribution >= 4 is 23.4 Å². The average molecular weight is 408 g/mol. The molecule has 7 nitrogen and oxygen atoms in total. The highest BCUT2D eigenvalue weighted by atomic mass is 19.1. The van der Waals surface area contributed by atoms with Crippen molar-refractivity contribution in [2.75, 3.05) is 18.4 Å². The summed E-state index contributed by atoms with van der Waals surface area (Å²) in [5.74, 6) is -0.715. The number of anilines is 1. The number of piperidine rings is 1. The maximum Gasteiger partial charge on any atom is 0.280 e. The lowest BCUT2D eigenvalue weighted by atomic mass is 9.94. The highest BCUT2D eigenvalue weighted by Gasteiger charge is 2.32. The number of halogens is 1. The molecule has 2 rings (SSSR count). The maximum absolute atomic E-state index is 12.9. The lowest BCUT2D eigenvalue weighted by Crippen LogP contribution is -2.68. The number of carbonyl (C=O) groups is 3. The summed E-state index contributed by atoms with van der Waals surface area (Å²) in [6.07, 6.45) is 1.89. The quantitative estimate of drug-likeness (QED) is 0.631. The van der Waals surface area contributed by atoms with Gasteiger partial charge in [0, 0.05) is 31.1 Å². The first-order valence-corrected chi connectivity index (χ1v) is 10.2. The highest BCUT2D eigenvalue weighted by molar-refractivity contribution is 5.97. The standard InChI is InChI=1S/C21H31FN4O3/c1-13(2)12-18(23)21(29)26-10-8-15(9-11-26)20(28)24-14(3)19(27)25-17-6-4-16(22)5-7-17/h4-7,13-15,18H,8-12,23H2,1-3H3,(H,24,28)(H,25,27)/p+1/t14-,18-/m0/s1. The molecule has 1 heterocycles. The SMILES string of the molecule is CC(C)C[C@H]([NH3+])C(=O)N1CCC(C(=O)N[C@@H](C)C(=O)Nc2ccc(F)cc2)CC1. The number of hydrogen-bond donors (Lipinski definition) is 3. The van der Waals surface area contributed by atoms with E-state index >= 15 is 0 Å². The van der Waals surface area contributed by atoms with Gasteiger partial charge < -0.3 is 21.3 Å². The van der Waals surface area contributed by atoms with Gasteiger partial charge in [-0.3, -0.25) is 14.4 Å². The number of benzene rings is 1. The van der Waals surface area contributed by atoms with Gasteiger partial charge in [0.25, 0.3) is 5.91 Å². The lowest BCUT2D eigenvalue weighted by Gasteiger charge is -2.32. The van der Waals surface area contributed by atoms with Gasteiger partial charge in [0.05, 0.1) is 0 Å². The smallest absolute Gasteiger partial charge is 0.280 e. The van der Waals surface area contributed by atoms with E-state index in [2.05, 4.69) is 30.2 Å². The van der Waals surface area contributed by atoms with Crippen LogP contribution in [-0.4, -0.2) is 47.8 Å². The van der Waals surface area contributed by atoms with Crippen LogP contribution in [0.4, 0.5) is 10.1 Å². The van der Waals surface area contributed by atoms with Crippen LogP contribution in [0.5, 0.6) is 0 Å². The molecule has 0 unspecified atom stereocenters. The fourth-order valence-corrected chi connectivity index (χ4v) is 3.47. The van der Waals surface area contributed by atoms with E-state index in [9.17, 15) is 18.8 Å². The van der Waals surface area contributed by atoms with Crippen molar-refractivity contribution < 1.29 is 24.5 Å². The second-order valence-electron chi connectivity index (χ2n) is 8.15. The Morgan fingerprint density at radius 3 is 2.28 bits per heavy atom. The molecule has 5 N–H and O–H groups in total. The molecule has 1 saturated heterocycles. The normalized spacial score (nSPS) is 17.0. The molecule has 3 amide bonds. The second-order valence-corrected chi connectivity index (χ2v) is 8.15. The van der Waals surface area contributed by atoms with Crippen molar-refractivity contribution in [3.8, 4) is 0 Å². The number of amides is 3. The first kappa shape index (κ1) is 22.8. The van der Waals surface area contributed by atoms with E-state index in [0.29, 0.717) is 37.5 Å². The third kappa shape index (κ3) is 6.81. The Morgan fingerprint density at radius 2 is 1.72 bits per heavy atom. The minimum atomic E-state index is -0.720. The zero-order valence-electron chi connectivity index (χ0n) is 17.4. The van der Waals surface area contributed by atoms with E-state index in [1.54, 1.807) is 11.8 Å². The molecule has 2 atom stereocenters. The molecule has 0 saturated carbocycles. The molecule has 1 aromatic rings. The van der Waals surface area contributed by atoms with Gasteiger partial charge in [-0.1, -0.05) is 13.8 Å². The fraction of sp³-hybridized carbons (Fsp3) is 0.571. The van der Waals surface area contributed by atoms with Crippen molar-refractivity contribution in [1.82, 2.24) is 10.2 Å². The number of nitrogens with zero attached hydrogens (tertiary/aromatic N) is 1. The van der Waals surface area contributed by atoms with Crippen molar-refractivity contribution in [1.29, 1.82) is 0 Å². The monoisotopic (exact) mass is 407 g/mol. The van der Waals surface area contributed by atoms with Crippen LogP contribution in [0.15, 0.2) is 24.3 Å². The number of likely N-dealkylation sites (tertiary alicyclic amines) is 1. The summed E-state index contributed by atoms with van der Waals surface area (Å²) in [6.45, 7) is 6.79. The third-order valence-electron chi connectivity index (χ3n) is 5.15. The number of hydrogen-bond acceptors (Lipinski definition) is 3. The number of nitrogens with one attached hydrogen (secondary N) is 2. The highest BCUT2D eigenvalue weighted by Crippen LogP contribution is 2.19. The molecule has 0 radical (unpaired) electrons. The van der Waals surface area contributed by atoms with E-state index in [4.69, 9.17) is 0 Å². The van der Waals surface area contributed by atoms with Crippen molar-refractivity contribution in [2.45, 2.75) is 52.1 Å². The summed E-state index contributed by atoms with van der Waals surface area (Å²) >= 11 is 0. The molecule has 0 bridgehead atoms. The molecule has 0 aromatic heterocycles. The second kappa shape index (κ2) is 10.3. The van der Waals surface area contributed by atoms with Crippen LogP contribution in [-0.2, 0) is 14.4 Å². The summed E-state index contributed by atoms with van der Waals surface area (Å²) in [5, 5.41) is 5.38. The lowest BCUT2D eigenvalue weighted by molar-refractivity contribution is -0.408. The van der Waals surface area contributed by atoms with E-state index in [0.717, 1.165) is 6.42 Å². The van der Waals surface area contributed by atoms with Gasteiger partial charge in [0.15, 0.2) is 6.04 Å². The zero-order chi connectivity index (χ0) is 21.6. The van der Waals surface area contributed by atoms with Gasteiger partial charge in [-0.2, -0.15) is 0 Å². The minimum Gasteiger partial charge on any atom is -0.347 e. The van der Waals surface area contributed by atoms with Crippen molar-refractivity contribution in [3.05, 3.63) is 30.1 Å². The van der Waals surface area contributed by atoms with E-state index in [-0.39, 0.29) is 35.5 Å². The molecule has 0 aliphatic carbocycles. The predicted octanol–water partition coefficient (Wildman–Crippen LogP) is 1.16. The molecule has 8 heteroatoms. The maximum atomic E-state index is 12.9. The Morgan fingerprint density at radius 1 is 1.14 bits per heavy atom. The van der Waals surface area contributed by atoms with Crippen LogP contribution in [0, 0.1) is 17.7 Å². The van der Waals surface area contributed by atoms with Gasteiger partial charge in [-0.25, -0.2) is 4.39 Å². The van der Waals surface area contributed by atoms with Crippen molar-refractivity contribution in [3.63, 3.8) is 0 Å². The van der Waals surface area contributed by atoms with Gasteiger partial charge in [0.1, 0.15) is 11.9 Å². The molecule has 1 aliphatic heterocycles. The average Bonchev–Trinajstić information content (AvgIpc) is 2.68. The first-order valence-electron chi connectivity index (χ1n) is 10.2. The predicted molar refractivity (Wildman–Crippen MR) is 108 cm³/mol. The Balaban J connectivity index is 1.79. The van der Waals surface area contributed by atoms with Gasteiger partial charge in [0.2, 0.25) is 11.8 Å². The van der Waals surface area contributed by atoms with Crippen molar-refractivity contribution in [2.24, 2.45) is 11.8 Å². The molecule has 0 spiro atoms. The summed E-state index contributed by atoms with van der Waals surface area (Å²) in [7, 11) is 0. The van der Waals surface area contributed by atoms with Crippen LogP contribution in [0.1, 0.15) is 40.0 Å². The van der Waals surface area contributed by atoms with Crippen LogP contribution >= 0.6 is 0 Å². The van der Waals surface area contributed by atoms with E-state index in [1.807, 2.05) is 0 Å².